The summed E-state index contributed by atoms with van der Waals surface area (Å²) in [4.78, 5) is 0. The summed E-state index contributed by atoms with van der Waals surface area (Å²) in [5, 5.41) is 15.1. The third-order valence-corrected chi connectivity index (χ3v) is 3.83. The molecule has 0 fully saturated rings. The van der Waals surface area contributed by atoms with Crippen LogP contribution in [-0.4, -0.2) is 19.7 Å². The van der Waals surface area contributed by atoms with Gasteiger partial charge in [-0.15, -0.1) is 0 Å². The van der Waals surface area contributed by atoms with Crippen LogP contribution in [0.25, 0.3) is 5.57 Å². The predicted molar refractivity (Wildman–Crippen MR) is 83.8 cm³/mol. The fourth-order valence-corrected chi connectivity index (χ4v) is 2.75. The van der Waals surface area contributed by atoms with Gasteiger partial charge < -0.3 is 0 Å². The third kappa shape index (κ3) is 3.74. The van der Waals surface area contributed by atoms with Crippen molar-refractivity contribution in [1.82, 2.24) is 0 Å². The summed E-state index contributed by atoms with van der Waals surface area (Å²) in [5.41, 5.74) is 2.73. The Morgan fingerprint density at radius 3 is 2.71 bits per heavy atom. The van der Waals surface area contributed by atoms with Crippen LogP contribution < -0.4 is 0 Å². The number of aryl methyl sites for hydroxylation is 1. The summed E-state index contributed by atoms with van der Waals surface area (Å²) < 4.78 is 26.5. The second kappa shape index (κ2) is 6.16. The summed E-state index contributed by atoms with van der Waals surface area (Å²) in [6.07, 6.45) is 2.64. The van der Waals surface area contributed by atoms with E-state index >= 15 is 0 Å². The zero-order valence-corrected chi connectivity index (χ0v) is 13.0. The molecule has 1 aromatic rings. The van der Waals surface area contributed by atoms with Gasteiger partial charge in [0, 0.05) is 5.57 Å². The Hall–Kier alpha value is -2.04. The first-order valence-electron chi connectivity index (χ1n) is 5.93. The SMILES string of the molecule is Cc1ccccc1/C(C#N)=C1/C=CSC1=NOS(C)(=O)=O. The zero-order valence-electron chi connectivity index (χ0n) is 11.4. The average molecular weight is 320 g/mol. The molecule has 0 spiro atoms. The maximum Gasteiger partial charge on any atom is 0.325 e. The smallest absolute Gasteiger partial charge is 0.268 e. The minimum atomic E-state index is -3.67. The molecule has 1 aliphatic rings. The maximum atomic E-state index is 11.0. The van der Waals surface area contributed by atoms with Crippen molar-refractivity contribution in [2.75, 3.05) is 6.26 Å². The van der Waals surface area contributed by atoms with E-state index in [-0.39, 0.29) is 0 Å². The molecular weight excluding hydrogens is 308 g/mol. The zero-order chi connectivity index (χ0) is 15.5. The Labute approximate surface area is 127 Å². The normalized spacial score (nSPS) is 18.6. The first kappa shape index (κ1) is 15.4. The Balaban J connectivity index is 2.51. The largest absolute Gasteiger partial charge is 0.325 e. The number of nitrogens with zero attached hydrogens (tertiary/aromatic N) is 2. The van der Waals surface area contributed by atoms with E-state index in [0.29, 0.717) is 16.2 Å². The van der Waals surface area contributed by atoms with Gasteiger partial charge in [0.2, 0.25) is 0 Å². The lowest BCUT2D eigenvalue weighted by Crippen LogP contribution is -2.02. The second-order valence-electron chi connectivity index (χ2n) is 4.31. The van der Waals surface area contributed by atoms with E-state index in [1.54, 1.807) is 11.5 Å². The van der Waals surface area contributed by atoms with Gasteiger partial charge in [0.15, 0.2) is 0 Å². The molecule has 0 saturated carbocycles. The van der Waals surface area contributed by atoms with Crippen molar-refractivity contribution in [3.63, 3.8) is 0 Å². The molecule has 0 N–H and O–H groups in total. The fraction of sp³-hybridized carbons (Fsp3) is 0.143. The van der Waals surface area contributed by atoms with Crippen molar-refractivity contribution < 1.29 is 12.7 Å². The predicted octanol–water partition coefficient (Wildman–Crippen LogP) is 2.82. The highest BCUT2D eigenvalue weighted by Crippen LogP contribution is 2.31. The number of oxime groups is 1. The maximum absolute atomic E-state index is 11.0. The van der Waals surface area contributed by atoms with Crippen LogP contribution in [0.1, 0.15) is 11.1 Å². The van der Waals surface area contributed by atoms with Gasteiger partial charge in [0.05, 0.1) is 11.8 Å². The first-order chi connectivity index (χ1) is 9.92. The van der Waals surface area contributed by atoms with Crippen LogP contribution in [0.3, 0.4) is 0 Å². The Morgan fingerprint density at radius 1 is 1.38 bits per heavy atom. The molecule has 0 bridgehead atoms. The van der Waals surface area contributed by atoms with Crippen molar-refractivity contribution in [3.05, 3.63) is 52.4 Å². The number of nitriles is 1. The molecule has 21 heavy (non-hydrogen) atoms. The Bertz CT molecular complexity index is 800. The van der Waals surface area contributed by atoms with Gasteiger partial charge in [-0.3, -0.25) is 4.28 Å². The third-order valence-electron chi connectivity index (χ3n) is 2.70. The van der Waals surface area contributed by atoms with Gasteiger partial charge in [-0.05, 0) is 29.5 Å². The van der Waals surface area contributed by atoms with Crippen LogP contribution >= 0.6 is 11.8 Å². The average Bonchev–Trinajstić information content (AvgIpc) is 2.87. The van der Waals surface area contributed by atoms with Crippen LogP contribution in [0, 0.1) is 18.3 Å². The Morgan fingerprint density at radius 2 is 2.10 bits per heavy atom. The van der Waals surface area contributed by atoms with E-state index in [1.165, 1.54) is 11.8 Å². The van der Waals surface area contributed by atoms with Crippen molar-refractivity contribution in [3.8, 4) is 6.07 Å². The highest BCUT2D eigenvalue weighted by Gasteiger charge is 2.19. The molecule has 7 heteroatoms. The monoisotopic (exact) mass is 320 g/mol. The number of hydrogen-bond donors (Lipinski definition) is 0. The summed E-state index contributed by atoms with van der Waals surface area (Å²) >= 11 is 1.21. The quantitative estimate of drug-likeness (QED) is 0.632. The highest BCUT2D eigenvalue weighted by molar-refractivity contribution is 8.17. The molecule has 1 heterocycles. The lowest BCUT2D eigenvalue weighted by molar-refractivity contribution is 0.345. The number of benzene rings is 1. The molecule has 0 aromatic heterocycles. The van der Waals surface area contributed by atoms with Gasteiger partial charge in [0.25, 0.3) is 0 Å². The molecule has 0 atom stereocenters. The number of allylic oxidation sites excluding steroid dienone is 2. The van der Waals surface area contributed by atoms with Crippen molar-refractivity contribution in [2.24, 2.45) is 5.16 Å². The second-order valence-corrected chi connectivity index (χ2v) is 6.76. The van der Waals surface area contributed by atoms with E-state index in [9.17, 15) is 13.7 Å². The van der Waals surface area contributed by atoms with Crippen LogP contribution in [0.15, 0.2) is 46.5 Å². The van der Waals surface area contributed by atoms with Crippen molar-refractivity contribution >= 4 is 32.5 Å². The summed E-state index contributed by atoms with van der Waals surface area (Å²) in [5.74, 6) is 0. The topological polar surface area (TPSA) is 79.5 Å². The van der Waals surface area contributed by atoms with E-state index in [2.05, 4.69) is 15.5 Å². The molecule has 5 nitrogen and oxygen atoms in total. The summed E-state index contributed by atoms with van der Waals surface area (Å²) in [6.45, 7) is 1.91. The van der Waals surface area contributed by atoms with Gasteiger partial charge in [-0.2, -0.15) is 13.7 Å². The van der Waals surface area contributed by atoms with Gasteiger partial charge in [-0.25, -0.2) is 0 Å². The van der Waals surface area contributed by atoms with Gasteiger partial charge in [0.1, 0.15) is 11.1 Å². The standard InChI is InChI=1S/C14H12N2O3S2/c1-10-5-3-4-6-11(10)13(9-15)12-7-8-20-14(12)16-19-21(2,17)18/h3-8H,1-2H3/b13-12-,16-14?. The van der Waals surface area contributed by atoms with Crippen LogP contribution in [-0.2, 0) is 14.4 Å². The molecule has 0 radical (unpaired) electrons. The van der Waals surface area contributed by atoms with E-state index in [1.807, 2.05) is 31.2 Å². The molecule has 0 amide bonds. The lowest BCUT2D eigenvalue weighted by Gasteiger charge is -2.07. The molecule has 0 unspecified atom stereocenters. The molecule has 1 aromatic carbocycles. The van der Waals surface area contributed by atoms with Gasteiger partial charge >= 0.3 is 10.1 Å². The molecular formula is C14H12N2O3S2. The minimum absolute atomic E-state index is 0.347. The highest BCUT2D eigenvalue weighted by atomic mass is 32.2. The van der Waals surface area contributed by atoms with Crippen LogP contribution in [0.5, 0.6) is 0 Å². The Kier molecular flexibility index (Phi) is 4.50. The first-order valence-corrected chi connectivity index (χ1v) is 8.62. The molecule has 0 aliphatic carbocycles. The van der Waals surface area contributed by atoms with E-state index in [0.717, 1.165) is 17.4 Å². The summed E-state index contributed by atoms with van der Waals surface area (Å²) in [7, 11) is -3.67. The van der Waals surface area contributed by atoms with Crippen LogP contribution in [0.2, 0.25) is 0 Å². The number of rotatable bonds is 3. The van der Waals surface area contributed by atoms with Crippen molar-refractivity contribution in [2.45, 2.75) is 6.92 Å². The summed E-state index contributed by atoms with van der Waals surface area (Å²) in [6, 6.07) is 9.63. The van der Waals surface area contributed by atoms with E-state index < -0.39 is 10.1 Å². The lowest BCUT2D eigenvalue weighted by atomic mass is 9.97. The molecule has 0 saturated heterocycles. The van der Waals surface area contributed by atoms with Crippen LogP contribution in [0.4, 0.5) is 0 Å². The molecule has 1 aliphatic heterocycles. The van der Waals surface area contributed by atoms with E-state index in [4.69, 9.17) is 0 Å². The minimum Gasteiger partial charge on any atom is -0.268 e. The number of hydrogen-bond acceptors (Lipinski definition) is 6. The fourth-order valence-electron chi connectivity index (χ4n) is 1.78. The van der Waals surface area contributed by atoms with Gasteiger partial charge in [-0.1, -0.05) is 41.2 Å². The van der Waals surface area contributed by atoms with Crippen molar-refractivity contribution in [1.29, 1.82) is 5.26 Å². The number of thioether (sulfide) groups is 1. The molecule has 2 rings (SSSR count). The molecule has 108 valence electrons.